The molecule has 0 radical (unpaired) electrons. The Morgan fingerprint density at radius 3 is 2.77 bits per heavy atom. The summed E-state index contributed by atoms with van der Waals surface area (Å²) in [6.07, 6.45) is -3.31. The fraction of sp³-hybridized carbons (Fsp3) is 0.125. The van der Waals surface area contributed by atoms with Crippen LogP contribution in [0.3, 0.4) is 0 Å². The third-order valence-electron chi connectivity index (χ3n) is 1.73. The van der Waals surface area contributed by atoms with E-state index in [1.807, 2.05) is 0 Å². The lowest BCUT2D eigenvalue weighted by Gasteiger charge is -1.97. The molecule has 0 fully saturated rings. The first-order valence-corrected chi connectivity index (χ1v) is 3.60. The van der Waals surface area contributed by atoms with Crippen LogP contribution in [0.5, 0.6) is 0 Å². The van der Waals surface area contributed by atoms with Crippen molar-refractivity contribution in [3.8, 4) is 0 Å². The Hall–Kier alpha value is -1.52. The number of nitrogens with zero attached hydrogens (tertiary/aromatic N) is 1. The van der Waals surface area contributed by atoms with Crippen LogP contribution in [-0.2, 0) is 0 Å². The molecule has 2 nitrogen and oxygen atoms in total. The van der Waals surface area contributed by atoms with E-state index >= 15 is 0 Å². The van der Waals surface area contributed by atoms with Crippen molar-refractivity contribution in [3.63, 3.8) is 0 Å². The maximum absolute atomic E-state index is 12.5. The Bertz CT molecular complexity index is 436. The quantitative estimate of drug-likeness (QED) is 0.728. The summed E-state index contributed by atoms with van der Waals surface area (Å²) >= 11 is 0. The maximum atomic E-state index is 12.5. The molecule has 0 atom stereocenters. The number of aromatic amines is 1. The number of nitrogens with one attached hydrogen (secondary N) is 1. The summed E-state index contributed by atoms with van der Waals surface area (Å²) in [4.78, 5) is 5.69. The summed E-state index contributed by atoms with van der Waals surface area (Å²) < 4.78 is 36.8. The van der Waals surface area contributed by atoms with E-state index in [1.165, 1.54) is 18.2 Å². The van der Waals surface area contributed by atoms with E-state index in [1.54, 1.807) is 0 Å². The van der Waals surface area contributed by atoms with Crippen molar-refractivity contribution >= 4 is 11.0 Å². The highest BCUT2D eigenvalue weighted by Crippen LogP contribution is 2.22. The minimum Gasteiger partial charge on any atom is -0.314 e. The fourth-order valence-electron chi connectivity index (χ4n) is 1.13. The smallest absolute Gasteiger partial charge is 0.287 e. The summed E-state index contributed by atoms with van der Waals surface area (Å²) in [6, 6.07) is 3.78. The van der Waals surface area contributed by atoms with Gasteiger partial charge in [-0.3, -0.25) is 0 Å². The van der Waals surface area contributed by atoms with Crippen molar-refractivity contribution < 1.29 is 13.2 Å². The molecule has 0 aliphatic heterocycles. The maximum Gasteiger partial charge on any atom is 0.287 e. The van der Waals surface area contributed by atoms with Crippen molar-refractivity contribution in [1.82, 2.24) is 9.97 Å². The van der Waals surface area contributed by atoms with Crippen molar-refractivity contribution in [2.24, 2.45) is 0 Å². The van der Waals surface area contributed by atoms with Crippen LogP contribution in [0.15, 0.2) is 18.2 Å². The van der Waals surface area contributed by atoms with Gasteiger partial charge in [-0.15, -0.1) is 0 Å². The number of alkyl halides is 2. The molecular formula is C8H5F3N2. The van der Waals surface area contributed by atoms with E-state index in [2.05, 4.69) is 9.97 Å². The van der Waals surface area contributed by atoms with Crippen LogP contribution in [0.4, 0.5) is 13.2 Å². The molecule has 13 heavy (non-hydrogen) atoms. The molecule has 5 heteroatoms. The first-order valence-electron chi connectivity index (χ1n) is 3.60. The number of H-pyrrole nitrogens is 1. The molecule has 0 saturated carbocycles. The third-order valence-corrected chi connectivity index (χ3v) is 1.73. The largest absolute Gasteiger partial charge is 0.314 e. The van der Waals surface area contributed by atoms with Crippen molar-refractivity contribution in [2.75, 3.05) is 0 Å². The Morgan fingerprint density at radius 1 is 1.31 bits per heavy atom. The van der Waals surface area contributed by atoms with Crippen LogP contribution in [0, 0.1) is 6.08 Å². The Labute approximate surface area is 71.4 Å². The van der Waals surface area contributed by atoms with Gasteiger partial charge in [-0.1, -0.05) is 6.07 Å². The second-order valence-electron chi connectivity index (χ2n) is 2.60. The number of rotatable bonds is 1. The SMILES string of the molecule is Fc1nc2ccc(C(F)F)cc2[nH]1. The van der Waals surface area contributed by atoms with Gasteiger partial charge in [-0.05, 0) is 12.1 Å². The molecule has 2 aromatic rings. The van der Waals surface area contributed by atoms with Crippen LogP contribution < -0.4 is 0 Å². The normalized spacial score (nSPS) is 11.4. The van der Waals surface area contributed by atoms with E-state index < -0.39 is 12.5 Å². The van der Waals surface area contributed by atoms with Crippen LogP contribution in [0.2, 0.25) is 0 Å². The van der Waals surface area contributed by atoms with Gasteiger partial charge in [0.05, 0.1) is 11.0 Å². The first kappa shape index (κ1) is 8.10. The molecule has 0 spiro atoms. The Morgan fingerprint density at radius 2 is 2.08 bits per heavy atom. The monoisotopic (exact) mass is 186 g/mol. The summed E-state index contributed by atoms with van der Waals surface area (Å²) in [5.74, 6) is 0. The topological polar surface area (TPSA) is 28.7 Å². The van der Waals surface area contributed by atoms with Crippen LogP contribution in [0.1, 0.15) is 12.0 Å². The van der Waals surface area contributed by atoms with Gasteiger partial charge in [0.25, 0.3) is 12.5 Å². The van der Waals surface area contributed by atoms with E-state index in [4.69, 9.17) is 0 Å². The molecule has 1 aromatic heterocycles. The predicted molar refractivity (Wildman–Crippen MR) is 41.0 cm³/mol. The average molecular weight is 186 g/mol. The molecule has 0 bridgehead atoms. The van der Waals surface area contributed by atoms with Crippen molar-refractivity contribution in [3.05, 3.63) is 29.8 Å². The lowest BCUT2D eigenvalue weighted by Crippen LogP contribution is -1.82. The summed E-state index contributed by atoms with van der Waals surface area (Å²) in [6.45, 7) is 0. The zero-order valence-electron chi connectivity index (χ0n) is 6.39. The molecule has 0 amide bonds. The highest BCUT2D eigenvalue weighted by Gasteiger charge is 2.09. The van der Waals surface area contributed by atoms with Gasteiger partial charge in [-0.25, -0.2) is 13.8 Å². The molecule has 0 aliphatic rings. The zero-order chi connectivity index (χ0) is 9.42. The second-order valence-corrected chi connectivity index (χ2v) is 2.60. The van der Waals surface area contributed by atoms with Crippen LogP contribution in [-0.4, -0.2) is 9.97 Å². The van der Waals surface area contributed by atoms with Crippen molar-refractivity contribution in [2.45, 2.75) is 6.43 Å². The second kappa shape index (κ2) is 2.76. The average Bonchev–Trinajstić information content (AvgIpc) is 2.42. The number of aromatic nitrogens is 2. The molecule has 0 saturated heterocycles. The van der Waals surface area contributed by atoms with Crippen molar-refractivity contribution in [1.29, 1.82) is 0 Å². The van der Waals surface area contributed by atoms with E-state index in [9.17, 15) is 13.2 Å². The summed E-state index contributed by atoms with van der Waals surface area (Å²) in [7, 11) is 0. The predicted octanol–water partition coefficient (Wildman–Crippen LogP) is 2.64. The molecule has 1 aromatic carbocycles. The third kappa shape index (κ3) is 1.37. The fourth-order valence-corrected chi connectivity index (χ4v) is 1.13. The highest BCUT2D eigenvalue weighted by molar-refractivity contribution is 5.75. The lowest BCUT2D eigenvalue weighted by molar-refractivity contribution is 0.151. The lowest BCUT2D eigenvalue weighted by atomic mass is 10.2. The minimum atomic E-state index is -2.55. The van der Waals surface area contributed by atoms with Crippen LogP contribution in [0.25, 0.3) is 11.0 Å². The van der Waals surface area contributed by atoms with Gasteiger partial charge in [0.15, 0.2) is 0 Å². The summed E-state index contributed by atoms with van der Waals surface area (Å²) in [5.41, 5.74) is 0.494. The Balaban J connectivity index is 2.61. The van der Waals surface area contributed by atoms with Gasteiger partial charge in [0.2, 0.25) is 0 Å². The summed E-state index contributed by atoms with van der Waals surface area (Å²) in [5, 5.41) is 0. The number of benzene rings is 1. The molecule has 1 heterocycles. The number of imidazole rings is 1. The standard InChI is InChI=1S/C8H5F3N2/c9-7(10)4-1-2-5-6(3-4)13-8(11)12-5/h1-3,7H,(H,12,13). The van der Waals surface area contributed by atoms with Gasteiger partial charge in [0, 0.05) is 5.56 Å². The van der Waals surface area contributed by atoms with Crippen LogP contribution >= 0.6 is 0 Å². The molecule has 2 rings (SSSR count). The molecule has 68 valence electrons. The molecule has 1 N–H and O–H groups in total. The van der Waals surface area contributed by atoms with Gasteiger partial charge < -0.3 is 4.98 Å². The zero-order valence-corrected chi connectivity index (χ0v) is 6.39. The van der Waals surface area contributed by atoms with E-state index in [-0.39, 0.29) is 11.1 Å². The molecule has 0 unspecified atom stereocenters. The van der Waals surface area contributed by atoms with Gasteiger partial charge >= 0.3 is 0 Å². The number of fused-ring (bicyclic) bond motifs is 1. The number of hydrogen-bond donors (Lipinski definition) is 1. The van der Waals surface area contributed by atoms with E-state index in [0.29, 0.717) is 5.52 Å². The minimum absolute atomic E-state index is 0.142. The number of halogens is 3. The van der Waals surface area contributed by atoms with Gasteiger partial charge in [-0.2, -0.15) is 4.39 Å². The number of hydrogen-bond acceptors (Lipinski definition) is 1. The Kier molecular flexibility index (Phi) is 1.72. The molecule has 0 aliphatic carbocycles. The first-order chi connectivity index (χ1) is 6.16. The molecular weight excluding hydrogens is 181 g/mol. The van der Waals surface area contributed by atoms with E-state index in [0.717, 1.165) is 0 Å². The van der Waals surface area contributed by atoms with Gasteiger partial charge in [0.1, 0.15) is 0 Å². The highest BCUT2D eigenvalue weighted by atomic mass is 19.3.